The van der Waals surface area contributed by atoms with Crippen molar-refractivity contribution >= 4 is 5.91 Å². The van der Waals surface area contributed by atoms with Crippen molar-refractivity contribution in [3.05, 3.63) is 0 Å². The third-order valence-corrected chi connectivity index (χ3v) is 4.08. The molecule has 2 fully saturated rings. The lowest BCUT2D eigenvalue weighted by Gasteiger charge is -2.28. The monoisotopic (exact) mass is 269 g/mol. The Labute approximate surface area is 116 Å². The fraction of sp³-hybridized carbons (Fsp3) is 0.929. The lowest BCUT2D eigenvalue weighted by molar-refractivity contribution is -0.130. The maximum atomic E-state index is 12.3. The maximum absolute atomic E-state index is 12.3. The number of carbonyl (C=O) groups is 1. The number of hydrogen-bond acceptors (Lipinski definition) is 4. The van der Waals surface area contributed by atoms with Crippen molar-refractivity contribution in [3.63, 3.8) is 0 Å². The van der Waals surface area contributed by atoms with Crippen LogP contribution in [-0.4, -0.2) is 67.3 Å². The molecule has 1 N–H and O–H groups in total. The highest BCUT2D eigenvalue weighted by Gasteiger charge is 2.37. The first-order valence-electron chi connectivity index (χ1n) is 7.46. The van der Waals surface area contributed by atoms with E-state index in [1.165, 1.54) is 0 Å². The van der Waals surface area contributed by atoms with Gasteiger partial charge in [0, 0.05) is 26.2 Å². The largest absolute Gasteiger partial charge is 0.379 e. The summed E-state index contributed by atoms with van der Waals surface area (Å²) in [5.41, 5.74) is 0. The van der Waals surface area contributed by atoms with Crippen LogP contribution in [0.25, 0.3) is 0 Å². The molecular formula is C14H27N3O2. The van der Waals surface area contributed by atoms with E-state index in [1.807, 2.05) is 4.90 Å². The summed E-state index contributed by atoms with van der Waals surface area (Å²) < 4.78 is 5.34. The highest BCUT2D eigenvalue weighted by atomic mass is 16.5. The van der Waals surface area contributed by atoms with Gasteiger partial charge in [-0.1, -0.05) is 13.8 Å². The molecule has 5 heteroatoms. The van der Waals surface area contributed by atoms with Gasteiger partial charge in [0.1, 0.15) is 0 Å². The number of carbonyl (C=O) groups excluding carboxylic acids is 1. The van der Waals surface area contributed by atoms with Crippen LogP contribution in [0.3, 0.4) is 0 Å². The second kappa shape index (κ2) is 6.68. The number of rotatable bonds is 5. The van der Waals surface area contributed by atoms with Crippen molar-refractivity contribution in [2.24, 2.45) is 5.92 Å². The first-order chi connectivity index (χ1) is 9.09. The second-order valence-electron chi connectivity index (χ2n) is 5.90. The van der Waals surface area contributed by atoms with Crippen LogP contribution in [0.1, 0.15) is 27.2 Å². The van der Waals surface area contributed by atoms with Gasteiger partial charge in [-0.25, -0.2) is 0 Å². The topological polar surface area (TPSA) is 44.8 Å². The minimum absolute atomic E-state index is 0.00149. The maximum Gasteiger partial charge on any atom is 0.241 e. The van der Waals surface area contributed by atoms with Crippen LogP contribution >= 0.6 is 0 Å². The van der Waals surface area contributed by atoms with Gasteiger partial charge < -0.3 is 9.64 Å². The van der Waals surface area contributed by atoms with E-state index >= 15 is 0 Å². The molecule has 0 radical (unpaired) electrons. The van der Waals surface area contributed by atoms with Crippen LogP contribution in [0.5, 0.6) is 0 Å². The second-order valence-corrected chi connectivity index (χ2v) is 5.90. The summed E-state index contributed by atoms with van der Waals surface area (Å²) in [6, 6.07) is -0.00149. The molecule has 2 aliphatic rings. The first-order valence-corrected chi connectivity index (χ1v) is 7.46. The zero-order valence-corrected chi connectivity index (χ0v) is 12.4. The van der Waals surface area contributed by atoms with E-state index in [2.05, 4.69) is 31.0 Å². The molecular weight excluding hydrogens is 242 g/mol. The average Bonchev–Trinajstić information content (AvgIpc) is 2.68. The quantitative estimate of drug-likeness (QED) is 0.790. The van der Waals surface area contributed by atoms with Crippen molar-refractivity contribution in [2.75, 3.05) is 39.4 Å². The lowest BCUT2D eigenvalue weighted by Crippen LogP contribution is -2.40. The van der Waals surface area contributed by atoms with Crippen molar-refractivity contribution in [2.45, 2.75) is 39.4 Å². The molecule has 0 spiro atoms. The summed E-state index contributed by atoms with van der Waals surface area (Å²) in [6.07, 6.45) is 1.22. The van der Waals surface area contributed by atoms with E-state index in [-0.39, 0.29) is 18.1 Å². The third-order valence-electron chi connectivity index (χ3n) is 4.08. The number of ether oxygens (including phenoxy) is 1. The predicted octanol–water partition coefficient (Wildman–Crippen LogP) is 0.511. The number of amides is 1. The number of nitrogens with one attached hydrogen (secondary N) is 1. The fourth-order valence-electron chi connectivity index (χ4n) is 2.86. The van der Waals surface area contributed by atoms with Crippen molar-refractivity contribution in [3.8, 4) is 0 Å². The van der Waals surface area contributed by atoms with Gasteiger partial charge in [-0.15, -0.1) is 0 Å². The number of hydrogen-bond donors (Lipinski definition) is 1. The smallest absolute Gasteiger partial charge is 0.241 e. The van der Waals surface area contributed by atoms with Crippen LogP contribution in [0.4, 0.5) is 0 Å². The molecule has 2 heterocycles. The molecule has 0 aromatic rings. The summed E-state index contributed by atoms with van der Waals surface area (Å²) in [5, 5.41) is 3.38. The molecule has 5 nitrogen and oxygen atoms in total. The SMILES string of the molecule is CC(C)C1NC(C)N(CCCN2CCOCC2)C1=O. The molecule has 0 aromatic heterocycles. The average molecular weight is 269 g/mol. The predicted molar refractivity (Wildman–Crippen MR) is 74.8 cm³/mol. The number of morpholine rings is 1. The van der Waals surface area contributed by atoms with Crippen molar-refractivity contribution in [1.82, 2.24) is 15.1 Å². The van der Waals surface area contributed by atoms with Gasteiger partial charge in [0.25, 0.3) is 0 Å². The fourth-order valence-corrected chi connectivity index (χ4v) is 2.86. The summed E-state index contributed by atoms with van der Waals surface area (Å²) in [6.45, 7) is 11.9. The van der Waals surface area contributed by atoms with E-state index in [1.54, 1.807) is 0 Å². The van der Waals surface area contributed by atoms with Crippen LogP contribution in [0, 0.1) is 5.92 Å². The van der Waals surface area contributed by atoms with Gasteiger partial charge in [0.15, 0.2) is 0 Å². The van der Waals surface area contributed by atoms with E-state index < -0.39 is 0 Å². The van der Waals surface area contributed by atoms with Gasteiger partial charge in [-0.05, 0) is 19.3 Å². The molecule has 0 saturated carbocycles. The Morgan fingerprint density at radius 2 is 2.00 bits per heavy atom. The Kier molecular flexibility index (Phi) is 5.19. The minimum atomic E-state index is -0.00149. The van der Waals surface area contributed by atoms with Gasteiger partial charge in [-0.3, -0.25) is 15.0 Å². The molecule has 2 aliphatic heterocycles. The van der Waals surface area contributed by atoms with Crippen molar-refractivity contribution in [1.29, 1.82) is 0 Å². The normalized spacial score (nSPS) is 29.5. The van der Waals surface area contributed by atoms with Gasteiger partial charge in [-0.2, -0.15) is 0 Å². The molecule has 2 saturated heterocycles. The standard InChI is InChI=1S/C14H27N3O2/c1-11(2)13-14(18)17(12(3)15-13)6-4-5-16-7-9-19-10-8-16/h11-13,15H,4-10H2,1-3H3. The highest BCUT2D eigenvalue weighted by Crippen LogP contribution is 2.17. The van der Waals surface area contributed by atoms with Gasteiger partial charge in [0.2, 0.25) is 5.91 Å². The lowest BCUT2D eigenvalue weighted by atomic mass is 10.1. The Hall–Kier alpha value is -0.650. The van der Waals surface area contributed by atoms with Crippen LogP contribution < -0.4 is 5.32 Å². The molecule has 2 unspecified atom stereocenters. The summed E-state index contributed by atoms with van der Waals surface area (Å²) >= 11 is 0. The van der Waals surface area contributed by atoms with Crippen LogP contribution in [0.2, 0.25) is 0 Å². The molecule has 0 aliphatic carbocycles. The molecule has 2 atom stereocenters. The van der Waals surface area contributed by atoms with Crippen LogP contribution in [-0.2, 0) is 9.53 Å². The molecule has 19 heavy (non-hydrogen) atoms. The summed E-state index contributed by atoms with van der Waals surface area (Å²) in [7, 11) is 0. The Morgan fingerprint density at radius 1 is 1.32 bits per heavy atom. The minimum Gasteiger partial charge on any atom is -0.379 e. The van der Waals surface area contributed by atoms with E-state index in [9.17, 15) is 4.79 Å². The van der Waals surface area contributed by atoms with E-state index in [0.717, 1.165) is 45.8 Å². The Bertz CT molecular complexity index is 303. The van der Waals surface area contributed by atoms with E-state index in [4.69, 9.17) is 4.74 Å². The zero-order valence-electron chi connectivity index (χ0n) is 12.4. The molecule has 2 rings (SSSR count). The van der Waals surface area contributed by atoms with Gasteiger partial charge in [0.05, 0.1) is 25.4 Å². The Balaban J connectivity index is 1.74. The highest BCUT2D eigenvalue weighted by molar-refractivity contribution is 5.84. The molecule has 1 amide bonds. The first kappa shape index (κ1) is 14.8. The number of nitrogens with zero attached hydrogens (tertiary/aromatic N) is 2. The molecule has 0 bridgehead atoms. The third kappa shape index (κ3) is 3.68. The Morgan fingerprint density at radius 3 is 2.58 bits per heavy atom. The van der Waals surface area contributed by atoms with Gasteiger partial charge >= 0.3 is 0 Å². The summed E-state index contributed by atoms with van der Waals surface area (Å²) in [4.78, 5) is 16.7. The van der Waals surface area contributed by atoms with E-state index in [0.29, 0.717) is 5.92 Å². The zero-order chi connectivity index (χ0) is 13.8. The molecule has 0 aromatic carbocycles. The summed E-state index contributed by atoms with van der Waals surface area (Å²) in [5.74, 6) is 0.628. The van der Waals surface area contributed by atoms with Crippen molar-refractivity contribution < 1.29 is 9.53 Å². The van der Waals surface area contributed by atoms with Crippen LogP contribution in [0.15, 0.2) is 0 Å². The molecule has 110 valence electrons.